The van der Waals surface area contributed by atoms with E-state index in [1.165, 1.54) is 12.8 Å². The zero-order valence-corrected chi connectivity index (χ0v) is 11.4. The van der Waals surface area contributed by atoms with Gasteiger partial charge in [-0.3, -0.25) is 4.79 Å². The Morgan fingerprint density at radius 2 is 2.05 bits per heavy atom. The van der Waals surface area contributed by atoms with Gasteiger partial charge in [-0.2, -0.15) is 13.2 Å². The van der Waals surface area contributed by atoms with Crippen molar-refractivity contribution in [3.05, 3.63) is 0 Å². The third-order valence-corrected chi connectivity index (χ3v) is 4.58. The van der Waals surface area contributed by atoms with Gasteiger partial charge in [0, 0.05) is 18.3 Å². The standard InChI is InChI=1S/C12H19F3N2OS/c13-12(14,15)19-6-5-16-11(18)10-7-8-3-1-2-4-9(8)17-10/h8-10,17H,1-7H2,(H,16,18). The Balaban J connectivity index is 1.67. The molecule has 0 aromatic carbocycles. The van der Waals surface area contributed by atoms with Crippen LogP contribution in [0, 0.1) is 5.92 Å². The zero-order valence-electron chi connectivity index (χ0n) is 10.6. The summed E-state index contributed by atoms with van der Waals surface area (Å²) in [4.78, 5) is 11.8. The molecule has 2 rings (SSSR count). The number of fused-ring (bicyclic) bond motifs is 1. The van der Waals surface area contributed by atoms with Gasteiger partial charge < -0.3 is 10.6 Å². The molecule has 110 valence electrons. The van der Waals surface area contributed by atoms with Crippen molar-refractivity contribution in [3.8, 4) is 0 Å². The summed E-state index contributed by atoms with van der Waals surface area (Å²) >= 11 is -0.0969. The molecule has 7 heteroatoms. The smallest absolute Gasteiger partial charge is 0.354 e. The number of thioether (sulfide) groups is 1. The van der Waals surface area contributed by atoms with Crippen molar-refractivity contribution in [1.82, 2.24) is 10.6 Å². The van der Waals surface area contributed by atoms with E-state index < -0.39 is 5.51 Å². The summed E-state index contributed by atoms with van der Waals surface area (Å²) in [5.74, 6) is 0.278. The molecule has 3 unspecified atom stereocenters. The number of rotatable bonds is 4. The van der Waals surface area contributed by atoms with E-state index in [-0.39, 0.29) is 36.0 Å². The SMILES string of the molecule is O=C(NCCSC(F)(F)F)C1CC2CCCCC2N1. The summed E-state index contributed by atoms with van der Waals surface area (Å²) in [6.07, 6.45) is 5.51. The Morgan fingerprint density at radius 3 is 2.74 bits per heavy atom. The number of alkyl halides is 3. The van der Waals surface area contributed by atoms with Crippen LogP contribution in [0.15, 0.2) is 0 Å². The molecule has 0 spiro atoms. The molecule has 19 heavy (non-hydrogen) atoms. The molecule has 1 heterocycles. The molecule has 1 aliphatic carbocycles. The van der Waals surface area contributed by atoms with Gasteiger partial charge in [0.15, 0.2) is 0 Å². The summed E-state index contributed by atoms with van der Waals surface area (Å²) in [5, 5.41) is 5.89. The highest BCUT2D eigenvalue weighted by atomic mass is 32.2. The van der Waals surface area contributed by atoms with E-state index in [2.05, 4.69) is 10.6 Å². The van der Waals surface area contributed by atoms with Gasteiger partial charge in [0.1, 0.15) is 0 Å². The van der Waals surface area contributed by atoms with Crippen LogP contribution in [0.3, 0.4) is 0 Å². The number of nitrogens with one attached hydrogen (secondary N) is 2. The lowest BCUT2D eigenvalue weighted by Crippen LogP contribution is -2.43. The second kappa shape index (κ2) is 6.35. The van der Waals surface area contributed by atoms with Gasteiger partial charge in [-0.25, -0.2) is 0 Å². The van der Waals surface area contributed by atoms with Gasteiger partial charge in [0.25, 0.3) is 0 Å². The lowest BCUT2D eigenvalue weighted by atomic mass is 9.85. The average molecular weight is 296 g/mol. The molecule has 2 fully saturated rings. The van der Waals surface area contributed by atoms with Crippen molar-refractivity contribution in [3.63, 3.8) is 0 Å². The van der Waals surface area contributed by atoms with Crippen molar-refractivity contribution in [2.24, 2.45) is 5.92 Å². The van der Waals surface area contributed by atoms with E-state index in [9.17, 15) is 18.0 Å². The molecule has 0 radical (unpaired) electrons. The van der Waals surface area contributed by atoms with E-state index in [0.29, 0.717) is 12.0 Å². The number of carbonyl (C=O) groups excluding carboxylic acids is 1. The predicted molar refractivity (Wildman–Crippen MR) is 68.8 cm³/mol. The van der Waals surface area contributed by atoms with Crippen LogP contribution < -0.4 is 10.6 Å². The molecule has 1 aliphatic heterocycles. The summed E-state index contributed by atoms with van der Waals surface area (Å²) in [6.45, 7) is 0.0660. The second-order valence-electron chi connectivity index (χ2n) is 5.19. The topological polar surface area (TPSA) is 41.1 Å². The van der Waals surface area contributed by atoms with Crippen LogP contribution in [-0.2, 0) is 4.79 Å². The van der Waals surface area contributed by atoms with Crippen molar-refractivity contribution in [2.45, 2.75) is 49.7 Å². The molecular weight excluding hydrogens is 277 g/mol. The van der Waals surface area contributed by atoms with Crippen LogP contribution in [0.25, 0.3) is 0 Å². The summed E-state index contributed by atoms with van der Waals surface area (Å²) in [6, 6.07) is 0.207. The van der Waals surface area contributed by atoms with Crippen LogP contribution >= 0.6 is 11.8 Å². The maximum atomic E-state index is 11.9. The largest absolute Gasteiger partial charge is 0.441 e. The zero-order chi connectivity index (χ0) is 13.9. The van der Waals surface area contributed by atoms with Crippen molar-refractivity contribution in [1.29, 1.82) is 0 Å². The van der Waals surface area contributed by atoms with E-state index in [4.69, 9.17) is 0 Å². The van der Waals surface area contributed by atoms with Gasteiger partial charge in [0.2, 0.25) is 5.91 Å². The fourth-order valence-corrected chi connectivity index (χ4v) is 3.42. The van der Waals surface area contributed by atoms with E-state index >= 15 is 0 Å². The maximum absolute atomic E-state index is 11.9. The van der Waals surface area contributed by atoms with Crippen LogP contribution in [0.5, 0.6) is 0 Å². The quantitative estimate of drug-likeness (QED) is 0.782. The van der Waals surface area contributed by atoms with Crippen molar-refractivity contribution in [2.75, 3.05) is 12.3 Å². The van der Waals surface area contributed by atoms with Gasteiger partial charge in [0.05, 0.1) is 6.04 Å². The molecule has 2 N–H and O–H groups in total. The van der Waals surface area contributed by atoms with Gasteiger partial charge in [-0.15, -0.1) is 0 Å². The molecule has 0 aromatic rings. The summed E-state index contributed by atoms with van der Waals surface area (Å²) in [5.41, 5.74) is -4.22. The molecule has 3 nitrogen and oxygen atoms in total. The molecule has 0 bridgehead atoms. The number of halogens is 3. The van der Waals surface area contributed by atoms with Gasteiger partial charge in [-0.1, -0.05) is 12.8 Å². The third kappa shape index (κ3) is 4.56. The Labute approximate surface area is 115 Å². The minimum absolute atomic E-state index is 0.0660. The monoisotopic (exact) mass is 296 g/mol. The normalized spacial score (nSPS) is 31.0. The van der Waals surface area contributed by atoms with E-state index in [1.54, 1.807) is 0 Å². The molecule has 3 atom stereocenters. The molecule has 2 aliphatic rings. The van der Waals surface area contributed by atoms with Gasteiger partial charge in [-0.05, 0) is 36.9 Å². The fourth-order valence-electron chi connectivity index (χ4n) is 2.99. The second-order valence-corrected chi connectivity index (χ2v) is 6.35. The highest BCUT2D eigenvalue weighted by Crippen LogP contribution is 2.33. The molecule has 1 saturated heterocycles. The molecule has 0 aromatic heterocycles. The molecular formula is C12H19F3N2OS. The maximum Gasteiger partial charge on any atom is 0.441 e. The summed E-state index contributed by atoms with van der Waals surface area (Å²) in [7, 11) is 0. The Bertz CT molecular complexity index is 311. The predicted octanol–water partition coefficient (Wildman–Crippen LogP) is 2.28. The van der Waals surface area contributed by atoms with E-state index in [0.717, 1.165) is 19.3 Å². The van der Waals surface area contributed by atoms with Crippen molar-refractivity contribution < 1.29 is 18.0 Å². The van der Waals surface area contributed by atoms with Crippen LogP contribution in [0.2, 0.25) is 0 Å². The Hall–Kier alpha value is -0.430. The lowest BCUT2D eigenvalue weighted by molar-refractivity contribution is -0.122. The Kier molecular flexibility index (Phi) is 5.00. The molecule has 1 amide bonds. The third-order valence-electron chi connectivity index (χ3n) is 3.85. The minimum Gasteiger partial charge on any atom is -0.354 e. The fraction of sp³-hybridized carbons (Fsp3) is 0.917. The summed E-state index contributed by atoms with van der Waals surface area (Å²) < 4.78 is 35.8. The first-order valence-electron chi connectivity index (χ1n) is 6.70. The number of hydrogen-bond acceptors (Lipinski definition) is 3. The van der Waals surface area contributed by atoms with Gasteiger partial charge >= 0.3 is 5.51 Å². The minimum atomic E-state index is -4.22. The Morgan fingerprint density at radius 1 is 1.32 bits per heavy atom. The van der Waals surface area contributed by atoms with Crippen molar-refractivity contribution >= 4 is 17.7 Å². The number of carbonyl (C=O) groups is 1. The average Bonchev–Trinajstić information content (AvgIpc) is 2.77. The highest BCUT2D eigenvalue weighted by molar-refractivity contribution is 8.00. The van der Waals surface area contributed by atoms with Crippen LogP contribution in [-0.4, -0.2) is 35.8 Å². The van der Waals surface area contributed by atoms with E-state index in [1.807, 2.05) is 0 Å². The first-order valence-corrected chi connectivity index (χ1v) is 7.69. The van der Waals surface area contributed by atoms with Crippen LogP contribution in [0.4, 0.5) is 13.2 Å². The van der Waals surface area contributed by atoms with Crippen LogP contribution in [0.1, 0.15) is 32.1 Å². The first-order chi connectivity index (χ1) is 8.96. The number of hydrogen-bond donors (Lipinski definition) is 2. The lowest BCUT2D eigenvalue weighted by Gasteiger charge is -2.24. The first kappa shape index (κ1) is 15.0. The molecule has 1 saturated carbocycles. The highest BCUT2D eigenvalue weighted by Gasteiger charge is 2.38. The number of amides is 1.